The van der Waals surface area contributed by atoms with Crippen LogP contribution in [0.25, 0.3) is 0 Å². The van der Waals surface area contributed by atoms with Crippen LogP contribution in [0.4, 0.5) is 0 Å². The Morgan fingerprint density at radius 2 is 1.47 bits per heavy atom. The number of phenolic OH excluding ortho intramolecular Hbond substituents is 1. The lowest BCUT2D eigenvalue weighted by Crippen LogP contribution is -1.96. The van der Waals surface area contributed by atoms with Crippen LogP contribution in [0.3, 0.4) is 0 Å². The molecule has 0 atom stereocenters. The summed E-state index contributed by atoms with van der Waals surface area (Å²) in [6, 6.07) is 6.90. The molecule has 0 aliphatic carbocycles. The molecule has 0 amide bonds. The van der Waals surface area contributed by atoms with E-state index in [1.165, 1.54) is 38.5 Å². The Bertz CT molecular complexity index is 330. The fraction of sp³-hybridized carbons (Fsp3) is 0.529. The number of allylic oxidation sites excluding steroid dienone is 1. The molecular weight excluding hydrogens is 236 g/mol. The van der Waals surface area contributed by atoms with Gasteiger partial charge in [0.15, 0.2) is 0 Å². The summed E-state index contributed by atoms with van der Waals surface area (Å²) >= 11 is 0. The fourth-order valence-electron chi connectivity index (χ4n) is 2.01. The standard InChI is InChI=1S/C17H26O2/c1-2-3-4-5-6-7-8-9-10-15-19-17-13-11-16(18)12-14-17/h2,11-14,18H,1,3-10,15H2. The van der Waals surface area contributed by atoms with Crippen molar-refractivity contribution in [2.24, 2.45) is 0 Å². The van der Waals surface area contributed by atoms with Crippen molar-refractivity contribution >= 4 is 0 Å². The molecule has 0 unspecified atom stereocenters. The summed E-state index contributed by atoms with van der Waals surface area (Å²) in [5.74, 6) is 1.12. The molecule has 106 valence electrons. The number of ether oxygens (including phenoxy) is 1. The first kappa shape index (κ1) is 15.6. The molecule has 1 aromatic rings. The number of benzene rings is 1. The third-order valence-electron chi connectivity index (χ3n) is 3.16. The monoisotopic (exact) mass is 262 g/mol. The second kappa shape index (κ2) is 10.5. The SMILES string of the molecule is C=CCCCCCCCCCOc1ccc(O)cc1. The van der Waals surface area contributed by atoms with Crippen LogP contribution in [0.5, 0.6) is 11.5 Å². The summed E-state index contributed by atoms with van der Waals surface area (Å²) < 4.78 is 5.60. The van der Waals surface area contributed by atoms with Gasteiger partial charge in [0, 0.05) is 0 Å². The van der Waals surface area contributed by atoms with E-state index in [4.69, 9.17) is 9.84 Å². The van der Waals surface area contributed by atoms with Crippen molar-refractivity contribution < 1.29 is 9.84 Å². The highest BCUT2D eigenvalue weighted by molar-refractivity contribution is 5.29. The minimum Gasteiger partial charge on any atom is -0.508 e. The highest BCUT2D eigenvalue weighted by Crippen LogP contribution is 2.16. The van der Waals surface area contributed by atoms with E-state index in [2.05, 4.69) is 6.58 Å². The molecule has 0 spiro atoms. The third-order valence-corrected chi connectivity index (χ3v) is 3.16. The molecule has 0 aliphatic rings. The van der Waals surface area contributed by atoms with Crippen LogP contribution >= 0.6 is 0 Å². The van der Waals surface area contributed by atoms with E-state index in [1.54, 1.807) is 24.3 Å². The predicted molar refractivity (Wildman–Crippen MR) is 80.7 cm³/mol. The van der Waals surface area contributed by atoms with Gasteiger partial charge in [-0.25, -0.2) is 0 Å². The summed E-state index contributed by atoms with van der Waals surface area (Å²) in [4.78, 5) is 0. The van der Waals surface area contributed by atoms with Crippen molar-refractivity contribution in [3.63, 3.8) is 0 Å². The molecule has 0 heterocycles. The van der Waals surface area contributed by atoms with E-state index < -0.39 is 0 Å². The van der Waals surface area contributed by atoms with Crippen LogP contribution in [-0.2, 0) is 0 Å². The maximum atomic E-state index is 9.14. The molecule has 2 heteroatoms. The lowest BCUT2D eigenvalue weighted by atomic mass is 10.1. The van der Waals surface area contributed by atoms with Gasteiger partial charge in [-0.3, -0.25) is 0 Å². The highest BCUT2D eigenvalue weighted by Gasteiger charge is 1.95. The molecule has 0 radical (unpaired) electrons. The number of phenols is 1. The molecule has 2 nitrogen and oxygen atoms in total. The van der Waals surface area contributed by atoms with E-state index >= 15 is 0 Å². The average Bonchev–Trinajstić information content (AvgIpc) is 2.43. The van der Waals surface area contributed by atoms with Crippen molar-refractivity contribution in [1.82, 2.24) is 0 Å². The van der Waals surface area contributed by atoms with Crippen molar-refractivity contribution in [3.05, 3.63) is 36.9 Å². The molecule has 0 bridgehead atoms. The summed E-state index contributed by atoms with van der Waals surface area (Å²) in [5, 5.41) is 9.14. The van der Waals surface area contributed by atoms with Gasteiger partial charge in [-0.05, 0) is 43.5 Å². The predicted octanol–water partition coefficient (Wildman–Crippen LogP) is 5.08. The van der Waals surface area contributed by atoms with Crippen molar-refractivity contribution in [1.29, 1.82) is 0 Å². The summed E-state index contributed by atoms with van der Waals surface area (Å²) in [7, 11) is 0. The summed E-state index contributed by atoms with van der Waals surface area (Å²) in [5.41, 5.74) is 0. The molecule has 0 aromatic heterocycles. The number of unbranched alkanes of at least 4 members (excludes halogenated alkanes) is 7. The Balaban J connectivity index is 1.88. The summed E-state index contributed by atoms with van der Waals surface area (Å²) in [6.45, 7) is 4.50. The average molecular weight is 262 g/mol. The molecular formula is C17H26O2. The molecule has 1 N–H and O–H groups in total. The van der Waals surface area contributed by atoms with E-state index in [-0.39, 0.29) is 5.75 Å². The molecule has 0 saturated heterocycles. The molecule has 19 heavy (non-hydrogen) atoms. The zero-order chi connectivity index (χ0) is 13.8. The lowest BCUT2D eigenvalue weighted by Gasteiger charge is -2.06. The Kier molecular flexibility index (Phi) is 8.61. The van der Waals surface area contributed by atoms with E-state index in [1.807, 2.05) is 6.08 Å². The minimum atomic E-state index is 0.281. The number of hydrogen-bond acceptors (Lipinski definition) is 2. The normalized spacial score (nSPS) is 10.3. The van der Waals surface area contributed by atoms with Gasteiger partial charge in [0.25, 0.3) is 0 Å². The zero-order valence-electron chi connectivity index (χ0n) is 11.8. The Morgan fingerprint density at radius 1 is 0.895 bits per heavy atom. The zero-order valence-corrected chi connectivity index (χ0v) is 11.8. The first-order chi connectivity index (χ1) is 9.33. The van der Waals surface area contributed by atoms with Gasteiger partial charge in [-0.1, -0.05) is 38.2 Å². The minimum absolute atomic E-state index is 0.281. The molecule has 1 aromatic carbocycles. The van der Waals surface area contributed by atoms with Crippen molar-refractivity contribution in [2.75, 3.05) is 6.61 Å². The van der Waals surface area contributed by atoms with E-state index in [0.29, 0.717) is 0 Å². The van der Waals surface area contributed by atoms with Crippen molar-refractivity contribution in [2.45, 2.75) is 51.4 Å². The van der Waals surface area contributed by atoms with Crippen LogP contribution in [-0.4, -0.2) is 11.7 Å². The first-order valence-corrected chi connectivity index (χ1v) is 7.35. The summed E-state index contributed by atoms with van der Waals surface area (Å²) in [6.07, 6.45) is 12.1. The van der Waals surface area contributed by atoms with Crippen LogP contribution in [0.15, 0.2) is 36.9 Å². The molecule has 0 fully saturated rings. The van der Waals surface area contributed by atoms with Crippen molar-refractivity contribution in [3.8, 4) is 11.5 Å². The van der Waals surface area contributed by atoms with E-state index in [9.17, 15) is 0 Å². The van der Waals surface area contributed by atoms with Crippen LogP contribution in [0.2, 0.25) is 0 Å². The lowest BCUT2D eigenvalue weighted by molar-refractivity contribution is 0.304. The molecule has 0 saturated carbocycles. The van der Waals surface area contributed by atoms with Crippen LogP contribution in [0.1, 0.15) is 51.4 Å². The number of hydrogen-bond donors (Lipinski definition) is 1. The van der Waals surface area contributed by atoms with Gasteiger partial charge in [-0.2, -0.15) is 0 Å². The molecule has 1 rings (SSSR count). The van der Waals surface area contributed by atoms with Gasteiger partial charge < -0.3 is 9.84 Å². The van der Waals surface area contributed by atoms with E-state index in [0.717, 1.165) is 25.2 Å². The van der Waals surface area contributed by atoms with Gasteiger partial charge in [0.1, 0.15) is 11.5 Å². The second-order valence-electron chi connectivity index (χ2n) is 4.89. The number of rotatable bonds is 11. The maximum Gasteiger partial charge on any atom is 0.119 e. The van der Waals surface area contributed by atoms with Gasteiger partial charge >= 0.3 is 0 Å². The fourth-order valence-corrected chi connectivity index (χ4v) is 2.01. The smallest absolute Gasteiger partial charge is 0.119 e. The molecule has 0 aliphatic heterocycles. The Hall–Kier alpha value is -1.44. The Labute approximate surface area is 117 Å². The van der Waals surface area contributed by atoms with Crippen LogP contribution < -0.4 is 4.74 Å². The third kappa shape index (κ3) is 8.30. The quantitative estimate of drug-likeness (QED) is 0.445. The van der Waals surface area contributed by atoms with Crippen LogP contribution in [0, 0.1) is 0 Å². The highest BCUT2D eigenvalue weighted by atomic mass is 16.5. The van der Waals surface area contributed by atoms with Gasteiger partial charge in [-0.15, -0.1) is 6.58 Å². The van der Waals surface area contributed by atoms with Gasteiger partial charge in [0.05, 0.1) is 6.61 Å². The second-order valence-corrected chi connectivity index (χ2v) is 4.89. The largest absolute Gasteiger partial charge is 0.508 e. The Morgan fingerprint density at radius 3 is 2.11 bits per heavy atom. The topological polar surface area (TPSA) is 29.5 Å². The maximum absolute atomic E-state index is 9.14. The van der Waals surface area contributed by atoms with Gasteiger partial charge in [0.2, 0.25) is 0 Å². The number of aromatic hydroxyl groups is 1. The first-order valence-electron chi connectivity index (χ1n) is 7.35.